The van der Waals surface area contributed by atoms with E-state index in [1.807, 2.05) is 43.3 Å². The second-order valence-corrected chi connectivity index (χ2v) is 4.18. The summed E-state index contributed by atoms with van der Waals surface area (Å²) in [6, 6.07) is 9.72. The highest BCUT2D eigenvalue weighted by atomic mass is 16.4. The summed E-state index contributed by atoms with van der Waals surface area (Å²) in [5, 5.41) is 9.60. The molecular weight excluding hydrogens is 228 g/mol. The standard InChI is InChI=1S/C14H14N2O2/c1-16(2)12-6-7-13-10(9-12)3-4-11(15-13)5-8-14(17)18/h3-9H,1-2H3,(H,17,18)/b8-5+. The molecule has 0 saturated carbocycles. The fourth-order valence-corrected chi connectivity index (χ4v) is 1.66. The molecule has 0 aliphatic carbocycles. The molecule has 0 aliphatic heterocycles. The minimum atomic E-state index is -0.972. The van der Waals surface area contributed by atoms with Crippen LogP contribution in [-0.2, 0) is 4.79 Å². The minimum Gasteiger partial charge on any atom is -0.478 e. The number of carboxylic acid groups (broad SMARTS) is 1. The first-order chi connectivity index (χ1) is 8.56. The number of carbonyl (C=O) groups is 1. The zero-order valence-electron chi connectivity index (χ0n) is 10.3. The summed E-state index contributed by atoms with van der Waals surface area (Å²) >= 11 is 0. The van der Waals surface area contributed by atoms with Gasteiger partial charge in [-0.2, -0.15) is 0 Å². The Hall–Kier alpha value is -2.36. The van der Waals surface area contributed by atoms with Gasteiger partial charge in [0.25, 0.3) is 0 Å². The first-order valence-corrected chi connectivity index (χ1v) is 5.55. The highest BCUT2D eigenvalue weighted by Crippen LogP contribution is 2.20. The molecule has 0 amide bonds. The van der Waals surface area contributed by atoms with Crippen molar-refractivity contribution in [1.29, 1.82) is 0 Å². The lowest BCUT2D eigenvalue weighted by Gasteiger charge is -2.12. The Labute approximate surface area is 105 Å². The molecule has 1 heterocycles. The third-order valence-corrected chi connectivity index (χ3v) is 2.61. The maximum Gasteiger partial charge on any atom is 0.328 e. The van der Waals surface area contributed by atoms with Gasteiger partial charge in [-0.25, -0.2) is 9.78 Å². The molecule has 1 aromatic carbocycles. The average molecular weight is 242 g/mol. The van der Waals surface area contributed by atoms with Gasteiger partial charge in [-0.3, -0.25) is 0 Å². The second-order valence-electron chi connectivity index (χ2n) is 4.18. The van der Waals surface area contributed by atoms with Crippen LogP contribution in [0.3, 0.4) is 0 Å². The Balaban J connectivity index is 2.41. The van der Waals surface area contributed by atoms with E-state index in [1.54, 1.807) is 6.07 Å². The summed E-state index contributed by atoms with van der Waals surface area (Å²) < 4.78 is 0. The normalized spacial score (nSPS) is 11.0. The van der Waals surface area contributed by atoms with Crippen LogP contribution in [0.25, 0.3) is 17.0 Å². The molecule has 0 unspecified atom stereocenters. The van der Waals surface area contributed by atoms with Crippen LogP contribution in [0.4, 0.5) is 5.69 Å². The van der Waals surface area contributed by atoms with Gasteiger partial charge in [0, 0.05) is 31.2 Å². The van der Waals surface area contributed by atoms with E-state index in [1.165, 1.54) is 6.08 Å². The molecular formula is C14H14N2O2. The van der Waals surface area contributed by atoms with Crippen molar-refractivity contribution >= 4 is 28.6 Å². The number of anilines is 1. The van der Waals surface area contributed by atoms with Crippen LogP contribution in [0.5, 0.6) is 0 Å². The number of aliphatic carboxylic acids is 1. The molecule has 1 aromatic heterocycles. The Kier molecular flexibility index (Phi) is 3.28. The molecule has 1 N–H and O–H groups in total. The monoisotopic (exact) mass is 242 g/mol. The summed E-state index contributed by atoms with van der Waals surface area (Å²) in [7, 11) is 3.97. The second kappa shape index (κ2) is 4.87. The molecule has 4 nitrogen and oxygen atoms in total. The topological polar surface area (TPSA) is 53.4 Å². The van der Waals surface area contributed by atoms with Crippen LogP contribution < -0.4 is 4.90 Å². The van der Waals surface area contributed by atoms with Crippen molar-refractivity contribution < 1.29 is 9.90 Å². The molecule has 0 bridgehead atoms. The smallest absolute Gasteiger partial charge is 0.328 e. The number of pyridine rings is 1. The third-order valence-electron chi connectivity index (χ3n) is 2.61. The van der Waals surface area contributed by atoms with E-state index in [0.29, 0.717) is 5.69 Å². The van der Waals surface area contributed by atoms with Crippen LogP contribution in [0.15, 0.2) is 36.4 Å². The molecule has 0 radical (unpaired) electrons. The molecule has 92 valence electrons. The molecule has 0 atom stereocenters. The van der Waals surface area contributed by atoms with Gasteiger partial charge in [-0.1, -0.05) is 6.07 Å². The minimum absolute atomic E-state index is 0.641. The fourth-order valence-electron chi connectivity index (χ4n) is 1.66. The van der Waals surface area contributed by atoms with Crippen molar-refractivity contribution in [3.05, 3.63) is 42.1 Å². The van der Waals surface area contributed by atoms with Crippen LogP contribution >= 0.6 is 0 Å². The molecule has 2 aromatic rings. The Morgan fingerprint density at radius 1 is 1.28 bits per heavy atom. The van der Waals surface area contributed by atoms with E-state index in [-0.39, 0.29) is 0 Å². The lowest BCUT2D eigenvalue weighted by atomic mass is 10.1. The van der Waals surface area contributed by atoms with Gasteiger partial charge in [0.15, 0.2) is 0 Å². The van der Waals surface area contributed by atoms with Crippen molar-refractivity contribution in [3.8, 4) is 0 Å². The van der Waals surface area contributed by atoms with Crippen LogP contribution in [0.1, 0.15) is 5.69 Å². The quantitative estimate of drug-likeness (QED) is 0.840. The van der Waals surface area contributed by atoms with E-state index in [4.69, 9.17) is 5.11 Å². The first-order valence-electron chi connectivity index (χ1n) is 5.55. The van der Waals surface area contributed by atoms with Crippen LogP contribution in [0, 0.1) is 0 Å². The molecule has 18 heavy (non-hydrogen) atoms. The van der Waals surface area contributed by atoms with Gasteiger partial charge in [0.05, 0.1) is 11.2 Å². The largest absolute Gasteiger partial charge is 0.478 e. The lowest BCUT2D eigenvalue weighted by molar-refractivity contribution is -0.131. The molecule has 0 saturated heterocycles. The average Bonchev–Trinajstić information content (AvgIpc) is 2.35. The zero-order valence-corrected chi connectivity index (χ0v) is 10.3. The maximum absolute atomic E-state index is 10.4. The van der Waals surface area contributed by atoms with Gasteiger partial charge in [0.1, 0.15) is 0 Å². The van der Waals surface area contributed by atoms with Crippen molar-refractivity contribution in [1.82, 2.24) is 4.98 Å². The summed E-state index contributed by atoms with van der Waals surface area (Å²) in [6.45, 7) is 0. The van der Waals surface area contributed by atoms with Gasteiger partial charge in [-0.15, -0.1) is 0 Å². The Morgan fingerprint density at radius 3 is 2.72 bits per heavy atom. The number of fused-ring (bicyclic) bond motifs is 1. The predicted octanol–water partition coefficient (Wildman–Crippen LogP) is 2.40. The van der Waals surface area contributed by atoms with Crippen molar-refractivity contribution in [2.75, 3.05) is 19.0 Å². The highest BCUT2D eigenvalue weighted by molar-refractivity contribution is 5.87. The summed E-state index contributed by atoms with van der Waals surface area (Å²) in [6.07, 6.45) is 2.57. The number of rotatable bonds is 3. The molecule has 0 spiro atoms. The third kappa shape index (κ3) is 2.66. The predicted molar refractivity (Wildman–Crippen MR) is 72.7 cm³/mol. The number of hydrogen-bond acceptors (Lipinski definition) is 3. The number of nitrogens with zero attached hydrogens (tertiary/aromatic N) is 2. The van der Waals surface area contributed by atoms with Crippen molar-refractivity contribution in [3.63, 3.8) is 0 Å². The van der Waals surface area contributed by atoms with E-state index < -0.39 is 5.97 Å². The van der Waals surface area contributed by atoms with Gasteiger partial charge >= 0.3 is 5.97 Å². The lowest BCUT2D eigenvalue weighted by Crippen LogP contribution is -2.08. The van der Waals surface area contributed by atoms with Gasteiger partial charge in [0.2, 0.25) is 0 Å². The summed E-state index contributed by atoms with van der Waals surface area (Å²) in [5.41, 5.74) is 2.61. The SMILES string of the molecule is CN(C)c1ccc2nc(/C=C/C(=O)O)ccc2c1. The summed E-state index contributed by atoms with van der Waals surface area (Å²) in [4.78, 5) is 16.8. The van der Waals surface area contributed by atoms with E-state index >= 15 is 0 Å². The van der Waals surface area contributed by atoms with Gasteiger partial charge < -0.3 is 10.0 Å². The molecule has 4 heteroatoms. The summed E-state index contributed by atoms with van der Waals surface area (Å²) in [5.74, 6) is -0.972. The van der Waals surface area contributed by atoms with Gasteiger partial charge in [-0.05, 0) is 30.3 Å². The number of hydrogen-bond donors (Lipinski definition) is 1. The van der Waals surface area contributed by atoms with Crippen molar-refractivity contribution in [2.45, 2.75) is 0 Å². The zero-order chi connectivity index (χ0) is 13.1. The van der Waals surface area contributed by atoms with Crippen LogP contribution in [-0.4, -0.2) is 30.2 Å². The molecule has 0 aliphatic rings. The maximum atomic E-state index is 10.4. The molecule has 0 fully saturated rings. The van der Waals surface area contributed by atoms with Crippen LogP contribution in [0.2, 0.25) is 0 Å². The number of carboxylic acids is 1. The molecule has 2 rings (SSSR count). The Morgan fingerprint density at radius 2 is 2.06 bits per heavy atom. The van der Waals surface area contributed by atoms with E-state index in [9.17, 15) is 4.79 Å². The number of aromatic nitrogens is 1. The fraction of sp³-hybridized carbons (Fsp3) is 0.143. The Bertz CT molecular complexity index is 618. The number of benzene rings is 1. The van der Waals surface area contributed by atoms with E-state index in [2.05, 4.69) is 4.98 Å². The van der Waals surface area contributed by atoms with E-state index in [0.717, 1.165) is 22.7 Å². The van der Waals surface area contributed by atoms with Crippen molar-refractivity contribution in [2.24, 2.45) is 0 Å². The highest BCUT2D eigenvalue weighted by Gasteiger charge is 2.00. The first kappa shape index (κ1) is 12.1.